The second-order valence-corrected chi connectivity index (χ2v) is 3.42. The van der Waals surface area contributed by atoms with Crippen LogP contribution in [-0.4, -0.2) is 54.3 Å². The van der Waals surface area contributed by atoms with Gasteiger partial charge in [-0.05, 0) is 26.1 Å². The zero-order chi connectivity index (χ0) is 9.68. The number of hydrogen-bond acceptors (Lipinski definition) is 2. The number of morpholine rings is 1. The van der Waals surface area contributed by atoms with Crippen LogP contribution in [-0.2, 0) is 4.74 Å². The third-order valence-electron chi connectivity index (χ3n) is 2.32. The van der Waals surface area contributed by atoms with Gasteiger partial charge in [0.1, 0.15) is 0 Å². The third-order valence-corrected chi connectivity index (χ3v) is 2.83. The van der Waals surface area contributed by atoms with Gasteiger partial charge in [0.05, 0.1) is 13.2 Å². The van der Waals surface area contributed by atoms with Crippen LogP contribution in [0.2, 0.25) is 0 Å². The number of ether oxygens (including phenoxy) is 1. The van der Waals surface area contributed by atoms with Gasteiger partial charge in [-0.15, -0.1) is 0 Å². The number of nitrogens with zero attached hydrogens (tertiary/aromatic N) is 2. The van der Waals surface area contributed by atoms with Crippen molar-refractivity contribution in [2.24, 2.45) is 0 Å². The zero-order valence-corrected chi connectivity index (χ0v) is 9.27. The summed E-state index contributed by atoms with van der Waals surface area (Å²) in [5, 5.41) is 0.980. The van der Waals surface area contributed by atoms with Crippen molar-refractivity contribution in [2.45, 2.75) is 13.8 Å². The summed E-state index contributed by atoms with van der Waals surface area (Å²) in [5.74, 6) is 0. The van der Waals surface area contributed by atoms with Gasteiger partial charge in [-0.2, -0.15) is 0 Å². The summed E-state index contributed by atoms with van der Waals surface area (Å²) in [7, 11) is 0. The van der Waals surface area contributed by atoms with E-state index in [9.17, 15) is 0 Å². The molecule has 0 amide bonds. The Morgan fingerprint density at radius 1 is 1.31 bits per heavy atom. The third kappa shape index (κ3) is 2.81. The predicted octanol–water partition coefficient (Wildman–Crippen LogP) is 0.945. The van der Waals surface area contributed by atoms with E-state index in [1.807, 2.05) is 0 Å². The first-order valence-corrected chi connectivity index (χ1v) is 5.32. The standard InChI is InChI=1S/C9H18N2OS/c1-3-10(4-2)9(13)11-5-7-12-8-6-11/h3-8H2,1-2H3. The summed E-state index contributed by atoms with van der Waals surface area (Å²) in [6, 6.07) is 0. The lowest BCUT2D eigenvalue weighted by molar-refractivity contribution is 0.0641. The minimum atomic E-state index is 0.807. The summed E-state index contributed by atoms with van der Waals surface area (Å²) < 4.78 is 5.28. The van der Waals surface area contributed by atoms with Crippen LogP contribution >= 0.6 is 12.2 Å². The second kappa shape index (κ2) is 5.40. The highest BCUT2D eigenvalue weighted by molar-refractivity contribution is 7.80. The Labute approximate surface area is 85.6 Å². The van der Waals surface area contributed by atoms with E-state index in [-0.39, 0.29) is 0 Å². The highest BCUT2D eigenvalue weighted by Crippen LogP contribution is 2.03. The van der Waals surface area contributed by atoms with E-state index in [0.29, 0.717) is 0 Å². The summed E-state index contributed by atoms with van der Waals surface area (Å²) in [6.45, 7) is 9.75. The Morgan fingerprint density at radius 3 is 2.31 bits per heavy atom. The largest absolute Gasteiger partial charge is 0.378 e. The molecular weight excluding hydrogens is 184 g/mol. The molecule has 0 atom stereocenters. The first-order chi connectivity index (χ1) is 6.29. The molecule has 1 saturated heterocycles. The average Bonchev–Trinajstić information content (AvgIpc) is 2.21. The van der Waals surface area contributed by atoms with Gasteiger partial charge in [0.15, 0.2) is 5.11 Å². The van der Waals surface area contributed by atoms with Gasteiger partial charge in [0, 0.05) is 26.2 Å². The molecule has 0 bridgehead atoms. The van der Waals surface area contributed by atoms with Crippen LogP contribution in [0, 0.1) is 0 Å². The minimum Gasteiger partial charge on any atom is -0.378 e. The molecule has 3 nitrogen and oxygen atoms in total. The van der Waals surface area contributed by atoms with Crippen LogP contribution in [0.5, 0.6) is 0 Å². The Morgan fingerprint density at radius 2 is 1.85 bits per heavy atom. The molecule has 4 heteroatoms. The van der Waals surface area contributed by atoms with Crippen molar-refractivity contribution < 1.29 is 4.74 Å². The van der Waals surface area contributed by atoms with Crippen LogP contribution < -0.4 is 0 Å². The molecule has 0 radical (unpaired) electrons. The Balaban J connectivity index is 2.44. The van der Waals surface area contributed by atoms with E-state index in [0.717, 1.165) is 44.5 Å². The summed E-state index contributed by atoms with van der Waals surface area (Å²) in [5.41, 5.74) is 0. The first kappa shape index (κ1) is 10.7. The van der Waals surface area contributed by atoms with Crippen molar-refractivity contribution in [1.29, 1.82) is 0 Å². The van der Waals surface area contributed by atoms with E-state index >= 15 is 0 Å². The maximum absolute atomic E-state index is 5.39. The topological polar surface area (TPSA) is 15.7 Å². The van der Waals surface area contributed by atoms with E-state index < -0.39 is 0 Å². The fourth-order valence-electron chi connectivity index (χ4n) is 1.45. The van der Waals surface area contributed by atoms with Crippen molar-refractivity contribution in [3.8, 4) is 0 Å². The maximum atomic E-state index is 5.39. The highest BCUT2D eigenvalue weighted by atomic mass is 32.1. The molecule has 0 N–H and O–H groups in total. The molecule has 76 valence electrons. The lowest BCUT2D eigenvalue weighted by Crippen LogP contribution is -2.47. The molecule has 0 aliphatic carbocycles. The minimum absolute atomic E-state index is 0.807. The van der Waals surface area contributed by atoms with Crippen LogP contribution in [0.1, 0.15) is 13.8 Å². The van der Waals surface area contributed by atoms with Crippen molar-refractivity contribution in [3.05, 3.63) is 0 Å². The quantitative estimate of drug-likeness (QED) is 0.619. The van der Waals surface area contributed by atoms with Crippen molar-refractivity contribution >= 4 is 17.3 Å². The molecule has 0 spiro atoms. The Bertz CT molecular complexity index is 165. The van der Waals surface area contributed by atoms with Gasteiger partial charge in [-0.25, -0.2) is 0 Å². The molecule has 0 aromatic carbocycles. The lowest BCUT2D eigenvalue weighted by Gasteiger charge is -2.34. The van der Waals surface area contributed by atoms with Crippen LogP contribution in [0.25, 0.3) is 0 Å². The maximum Gasteiger partial charge on any atom is 0.171 e. The molecule has 1 heterocycles. The van der Waals surface area contributed by atoms with Crippen molar-refractivity contribution in [1.82, 2.24) is 9.80 Å². The molecule has 0 aromatic heterocycles. The highest BCUT2D eigenvalue weighted by Gasteiger charge is 2.16. The number of thiocarbonyl (C=S) groups is 1. The SMILES string of the molecule is CCN(CC)C(=S)N1CCOCC1. The summed E-state index contributed by atoms with van der Waals surface area (Å²) in [6.07, 6.45) is 0. The van der Waals surface area contributed by atoms with Crippen molar-refractivity contribution in [2.75, 3.05) is 39.4 Å². The fourth-order valence-corrected chi connectivity index (χ4v) is 1.89. The van der Waals surface area contributed by atoms with E-state index in [1.165, 1.54) is 0 Å². The molecule has 1 aliphatic heterocycles. The van der Waals surface area contributed by atoms with Crippen LogP contribution in [0.15, 0.2) is 0 Å². The average molecular weight is 202 g/mol. The second-order valence-electron chi connectivity index (χ2n) is 3.05. The Hall–Kier alpha value is -0.350. The van der Waals surface area contributed by atoms with Gasteiger partial charge in [-0.1, -0.05) is 0 Å². The normalized spacial score (nSPS) is 17.2. The van der Waals surface area contributed by atoms with Crippen LogP contribution in [0.4, 0.5) is 0 Å². The summed E-state index contributed by atoms with van der Waals surface area (Å²) in [4.78, 5) is 4.44. The monoisotopic (exact) mass is 202 g/mol. The van der Waals surface area contributed by atoms with Gasteiger partial charge in [0.2, 0.25) is 0 Å². The molecule has 0 saturated carbocycles. The zero-order valence-electron chi connectivity index (χ0n) is 8.45. The Kier molecular flexibility index (Phi) is 4.45. The molecule has 0 aromatic rings. The van der Waals surface area contributed by atoms with Crippen molar-refractivity contribution in [3.63, 3.8) is 0 Å². The van der Waals surface area contributed by atoms with Crippen LogP contribution in [0.3, 0.4) is 0 Å². The van der Waals surface area contributed by atoms with E-state index in [1.54, 1.807) is 0 Å². The molecule has 0 unspecified atom stereocenters. The molecule has 13 heavy (non-hydrogen) atoms. The smallest absolute Gasteiger partial charge is 0.171 e. The molecule has 1 fully saturated rings. The predicted molar refractivity (Wildman–Crippen MR) is 57.9 cm³/mol. The summed E-state index contributed by atoms with van der Waals surface area (Å²) >= 11 is 5.39. The van der Waals surface area contributed by atoms with E-state index in [4.69, 9.17) is 17.0 Å². The molecular formula is C9H18N2OS. The lowest BCUT2D eigenvalue weighted by atomic mass is 10.4. The number of hydrogen-bond donors (Lipinski definition) is 0. The van der Waals surface area contributed by atoms with Gasteiger partial charge in [0.25, 0.3) is 0 Å². The van der Waals surface area contributed by atoms with Gasteiger partial charge >= 0.3 is 0 Å². The fraction of sp³-hybridized carbons (Fsp3) is 0.889. The number of rotatable bonds is 2. The van der Waals surface area contributed by atoms with Gasteiger partial charge < -0.3 is 14.5 Å². The van der Waals surface area contributed by atoms with E-state index in [2.05, 4.69) is 23.6 Å². The molecule has 1 aliphatic rings. The molecule has 1 rings (SSSR count). The van der Waals surface area contributed by atoms with Gasteiger partial charge in [-0.3, -0.25) is 0 Å². The first-order valence-electron chi connectivity index (χ1n) is 4.91.